The van der Waals surface area contributed by atoms with Crippen LogP contribution in [0.5, 0.6) is 0 Å². The van der Waals surface area contributed by atoms with Gasteiger partial charge in [-0.15, -0.1) is 0 Å². The first kappa shape index (κ1) is 11.9. The average molecular weight is 231 g/mol. The second kappa shape index (κ2) is 5.15. The molecule has 1 heterocycles. The maximum absolute atomic E-state index is 11.0. The molecule has 1 aliphatic rings. The lowest BCUT2D eigenvalue weighted by molar-refractivity contribution is -0.133. The van der Waals surface area contributed by atoms with E-state index in [9.17, 15) is 4.79 Å². The summed E-state index contributed by atoms with van der Waals surface area (Å²) >= 11 is 0. The number of benzene rings is 1. The predicted molar refractivity (Wildman–Crippen MR) is 66.6 cm³/mol. The van der Waals surface area contributed by atoms with Crippen molar-refractivity contribution in [1.82, 2.24) is 4.90 Å². The van der Waals surface area contributed by atoms with Crippen LogP contribution in [0.2, 0.25) is 0 Å². The van der Waals surface area contributed by atoms with E-state index in [1.807, 2.05) is 24.3 Å². The number of aliphatic carboxylic acids is 1. The van der Waals surface area contributed by atoms with Crippen LogP contribution in [0.3, 0.4) is 0 Å². The van der Waals surface area contributed by atoms with E-state index >= 15 is 0 Å². The Balaban J connectivity index is 2.06. The number of carbonyl (C=O) groups is 1. The summed E-state index contributed by atoms with van der Waals surface area (Å²) in [7, 11) is 0. The number of carboxylic acid groups (broad SMARTS) is 1. The van der Waals surface area contributed by atoms with Gasteiger partial charge in [0.1, 0.15) is 0 Å². The molecule has 1 aromatic rings. The molecular weight excluding hydrogens is 214 g/mol. The molecule has 0 bridgehead atoms. The van der Waals surface area contributed by atoms with Crippen molar-refractivity contribution in [1.29, 1.82) is 0 Å². The second-order valence-electron chi connectivity index (χ2n) is 4.51. The molecule has 1 aliphatic heterocycles. The zero-order chi connectivity index (χ0) is 12.3. The monoisotopic (exact) mass is 231 g/mol. The third kappa shape index (κ3) is 2.94. The van der Waals surface area contributed by atoms with Crippen LogP contribution >= 0.6 is 0 Å². The lowest BCUT2D eigenvalue weighted by Crippen LogP contribution is -2.38. The van der Waals surface area contributed by atoms with Crippen LogP contribution in [-0.2, 0) is 11.3 Å². The standard InChI is InChI=1S/C14H17NO2/c1-11-7-8-13(14(16)17)10-15(11)9-12-5-3-2-4-6-12/h2-6,8,11H,7,9-10H2,1H3,(H,16,17). The van der Waals surface area contributed by atoms with Crippen LogP contribution in [0.1, 0.15) is 18.9 Å². The minimum absolute atomic E-state index is 0.401. The van der Waals surface area contributed by atoms with Crippen LogP contribution in [-0.4, -0.2) is 28.6 Å². The largest absolute Gasteiger partial charge is 0.478 e. The van der Waals surface area contributed by atoms with Gasteiger partial charge in [0.05, 0.1) is 0 Å². The predicted octanol–water partition coefficient (Wildman–Crippen LogP) is 2.29. The normalized spacial score (nSPS) is 21.0. The van der Waals surface area contributed by atoms with Crippen LogP contribution in [0, 0.1) is 0 Å². The van der Waals surface area contributed by atoms with Crippen molar-refractivity contribution >= 4 is 5.97 Å². The molecule has 0 radical (unpaired) electrons. The molecule has 1 unspecified atom stereocenters. The average Bonchev–Trinajstić information content (AvgIpc) is 2.33. The molecule has 90 valence electrons. The maximum atomic E-state index is 11.0. The maximum Gasteiger partial charge on any atom is 0.332 e. The molecular formula is C14H17NO2. The molecule has 0 saturated carbocycles. The van der Waals surface area contributed by atoms with Gasteiger partial charge >= 0.3 is 5.97 Å². The summed E-state index contributed by atoms with van der Waals surface area (Å²) in [5.74, 6) is -0.796. The van der Waals surface area contributed by atoms with Crippen molar-refractivity contribution in [3.63, 3.8) is 0 Å². The summed E-state index contributed by atoms with van der Waals surface area (Å²) in [6.07, 6.45) is 2.66. The van der Waals surface area contributed by atoms with Gasteiger partial charge in [-0.3, -0.25) is 4.90 Å². The molecule has 1 atom stereocenters. The van der Waals surface area contributed by atoms with Gasteiger partial charge in [0.25, 0.3) is 0 Å². The van der Waals surface area contributed by atoms with E-state index in [2.05, 4.69) is 24.0 Å². The van der Waals surface area contributed by atoms with Gasteiger partial charge in [-0.1, -0.05) is 36.4 Å². The summed E-state index contributed by atoms with van der Waals surface area (Å²) in [5.41, 5.74) is 1.74. The molecule has 1 aromatic carbocycles. The Labute approximate surface area is 101 Å². The molecule has 0 fully saturated rings. The minimum atomic E-state index is -0.796. The minimum Gasteiger partial charge on any atom is -0.478 e. The Morgan fingerprint density at radius 1 is 1.41 bits per heavy atom. The summed E-state index contributed by atoms with van der Waals surface area (Å²) in [5, 5.41) is 9.01. The third-order valence-corrected chi connectivity index (χ3v) is 3.21. The van der Waals surface area contributed by atoms with E-state index < -0.39 is 5.97 Å². The molecule has 1 N–H and O–H groups in total. The van der Waals surface area contributed by atoms with Gasteiger partial charge in [0.2, 0.25) is 0 Å². The summed E-state index contributed by atoms with van der Waals surface area (Å²) in [6, 6.07) is 10.6. The van der Waals surface area contributed by atoms with Gasteiger partial charge in [0.15, 0.2) is 0 Å². The second-order valence-corrected chi connectivity index (χ2v) is 4.51. The smallest absolute Gasteiger partial charge is 0.332 e. The van der Waals surface area contributed by atoms with Crippen molar-refractivity contribution in [2.45, 2.75) is 25.9 Å². The first-order valence-electron chi connectivity index (χ1n) is 5.87. The fourth-order valence-electron chi connectivity index (χ4n) is 2.09. The lowest BCUT2D eigenvalue weighted by Gasteiger charge is -2.32. The van der Waals surface area contributed by atoms with Gasteiger partial charge in [-0.25, -0.2) is 4.79 Å². The molecule has 0 amide bonds. The highest BCUT2D eigenvalue weighted by atomic mass is 16.4. The van der Waals surface area contributed by atoms with E-state index in [1.54, 1.807) is 0 Å². The third-order valence-electron chi connectivity index (χ3n) is 3.21. The topological polar surface area (TPSA) is 40.5 Å². The molecule has 0 saturated heterocycles. The van der Waals surface area contributed by atoms with Crippen molar-refractivity contribution in [3.8, 4) is 0 Å². The van der Waals surface area contributed by atoms with Crippen LogP contribution in [0.15, 0.2) is 42.0 Å². The van der Waals surface area contributed by atoms with Crippen LogP contribution < -0.4 is 0 Å². The highest BCUT2D eigenvalue weighted by Crippen LogP contribution is 2.18. The Morgan fingerprint density at radius 3 is 2.76 bits per heavy atom. The van der Waals surface area contributed by atoms with E-state index in [1.165, 1.54) is 5.56 Å². The Hall–Kier alpha value is -1.61. The number of hydrogen-bond donors (Lipinski definition) is 1. The lowest BCUT2D eigenvalue weighted by atomic mass is 10.0. The first-order chi connectivity index (χ1) is 8.16. The van der Waals surface area contributed by atoms with Crippen molar-refractivity contribution < 1.29 is 9.90 Å². The quantitative estimate of drug-likeness (QED) is 0.867. The Morgan fingerprint density at radius 2 is 2.12 bits per heavy atom. The fourth-order valence-corrected chi connectivity index (χ4v) is 2.09. The van der Waals surface area contributed by atoms with Crippen molar-refractivity contribution in [3.05, 3.63) is 47.5 Å². The zero-order valence-electron chi connectivity index (χ0n) is 9.97. The number of rotatable bonds is 3. The Bertz CT molecular complexity index is 425. The highest BCUT2D eigenvalue weighted by molar-refractivity contribution is 5.87. The molecule has 0 spiro atoms. The van der Waals surface area contributed by atoms with Crippen LogP contribution in [0.4, 0.5) is 0 Å². The Kier molecular flexibility index (Phi) is 3.59. The number of hydrogen-bond acceptors (Lipinski definition) is 2. The van der Waals surface area contributed by atoms with E-state index in [0.29, 0.717) is 18.2 Å². The first-order valence-corrected chi connectivity index (χ1v) is 5.87. The molecule has 3 heteroatoms. The van der Waals surface area contributed by atoms with Gasteiger partial charge in [0, 0.05) is 24.7 Å². The molecule has 3 nitrogen and oxygen atoms in total. The summed E-state index contributed by atoms with van der Waals surface area (Å²) in [6.45, 7) is 3.48. The number of nitrogens with zero attached hydrogens (tertiary/aromatic N) is 1. The van der Waals surface area contributed by atoms with Gasteiger partial charge in [-0.2, -0.15) is 0 Å². The zero-order valence-corrected chi connectivity index (χ0v) is 9.97. The van der Waals surface area contributed by atoms with Crippen molar-refractivity contribution in [2.75, 3.05) is 6.54 Å². The van der Waals surface area contributed by atoms with Gasteiger partial charge in [-0.05, 0) is 18.9 Å². The van der Waals surface area contributed by atoms with E-state index in [0.717, 1.165) is 13.0 Å². The fraction of sp³-hybridized carbons (Fsp3) is 0.357. The molecule has 17 heavy (non-hydrogen) atoms. The van der Waals surface area contributed by atoms with Gasteiger partial charge < -0.3 is 5.11 Å². The van der Waals surface area contributed by atoms with E-state index in [4.69, 9.17) is 5.11 Å². The summed E-state index contributed by atoms with van der Waals surface area (Å²) in [4.78, 5) is 13.2. The SMILES string of the molecule is CC1CC=C(C(=O)O)CN1Cc1ccccc1. The van der Waals surface area contributed by atoms with Crippen molar-refractivity contribution in [2.24, 2.45) is 0 Å². The number of carboxylic acids is 1. The molecule has 2 rings (SSSR count). The van der Waals surface area contributed by atoms with Crippen LogP contribution in [0.25, 0.3) is 0 Å². The summed E-state index contributed by atoms with van der Waals surface area (Å²) < 4.78 is 0. The van der Waals surface area contributed by atoms with E-state index in [-0.39, 0.29) is 0 Å². The molecule has 0 aliphatic carbocycles. The molecule has 0 aromatic heterocycles. The highest BCUT2D eigenvalue weighted by Gasteiger charge is 2.22.